The first kappa shape index (κ1) is 18.0. The van der Waals surface area contributed by atoms with Crippen LogP contribution in [0.25, 0.3) is 0 Å². The molecule has 1 aromatic heterocycles. The quantitative estimate of drug-likeness (QED) is 0.736. The summed E-state index contributed by atoms with van der Waals surface area (Å²) in [6, 6.07) is 5.78. The Balaban J connectivity index is 1.64. The van der Waals surface area contributed by atoms with Crippen LogP contribution in [0.4, 0.5) is 0 Å². The van der Waals surface area contributed by atoms with E-state index in [-0.39, 0.29) is 29.7 Å². The molecule has 0 amide bonds. The molecule has 0 unspecified atom stereocenters. The molecule has 25 heavy (non-hydrogen) atoms. The van der Waals surface area contributed by atoms with Gasteiger partial charge in [-0.15, -0.1) is 11.3 Å². The lowest BCUT2D eigenvalue weighted by atomic mass is 10.2. The highest BCUT2D eigenvalue weighted by Crippen LogP contribution is 2.15. The predicted molar refractivity (Wildman–Crippen MR) is 91.8 cm³/mol. The number of ether oxygens (including phenoxy) is 2. The second kappa shape index (κ2) is 8.05. The molecule has 0 bridgehead atoms. The van der Waals surface area contributed by atoms with Crippen LogP contribution in [0, 0.1) is 0 Å². The van der Waals surface area contributed by atoms with Crippen molar-refractivity contribution < 1.29 is 22.7 Å². The van der Waals surface area contributed by atoms with Crippen molar-refractivity contribution in [1.82, 2.24) is 9.71 Å². The van der Waals surface area contributed by atoms with Crippen molar-refractivity contribution in [2.24, 2.45) is 0 Å². The van der Waals surface area contributed by atoms with Gasteiger partial charge < -0.3 is 9.47 Å². The molecule has 3 rings (SSSR count). The van der Waals surface area contributed by atoms with Crippen LogP contribution in [-0.4, -0.2) is 38.6 Å². The highest BCUT2D eigenvalue weighted by molar-refractivity contribution is 7.89. The minimum absolute atomic E-state index is 0.0219. The summed E-state index contributed by atoms with van der Waals surface area (Å²) in [4.78, 5) is 16.2. The van der Waals surface area contributed by atoms with Crippen molar-refractivity contribution in [3.8, 4) is 0 Å². The number of benzene rings is 1. The number of aromatic nitrogens is 1. The molecule has 1 aromatic carbocycles. The molecule has 0 radical (unpaired) electrons. The van der Waals surface area contributed by atoms with Crippen molar-refractivity contribution in [1.29, 1.82) is 0 Å². The van der Waals surface area contributed by atoms with E-state index in [2.05, 4.69) is 9.71 Å². The molecule has 1 aliphatic heterocycles. The molecule has 1 aliphatic rings. The first-order valence-corrected chi connectivity index (χ1v) is 10.2. The van der Waals surface area contributed by atoms with E-state index in [1.54, 1.807) is 10.9 Å². The molecule has 9 heteroatoms. The number of esters is 1. The second-order valence-electron chi connectivity index (χ2n) is 5.57. The Bertz CT molecular complexity index is 815. The van der Waals surface area contributed by atoms with Crippen LogP contribution < -0.4 is 4.72 Å². The molecule has 7 nitrogen and oxygen atoms in total. The first-order valence-electron chi connectivity index (χ1n) is 7.80. The van der Waals surface area contributed by atoms with Crippen molar-refractivity contribution in [2.75, 3.05) is 13.2 Å². The molecule has 1 saturated heterocycles. The van der Waals surface area contributed by atoms with Gasteiger partial charge in [-0.1, -0.05) is 6.07 Å². The van der Waals surface area contributed by atoms with Gasteiger partial charge in [0.25, 0.3) is 0 Å². The molecule has 0 aliphatic carbocycles. The summed E-state index contributed by atoms with van der Waals surface area (Å²) in [7, 11) is -3.71. The van der Waals surface area contributed by atoms with Gasteiger partial charge in [-0.3, -0.25) is 0 Å². The normalized spacial score (nSPS) is 17.5. The molecular weight excluding hydrogens is 364 g/mol. The molecule has 1 fully saturated rings. The van der Waals surface area contributed by atoms with Crippen molar-refractivity contribution in [2.45, 2.75) is 30.4 Å². The maximum absolute atomic E-state index is 12.4. The van der Waals surface area contributed by atoms with Crippen LogP contribution in [0.5, 0.6) is 0 Å². The maximum atomic E-state index is 12.4. The van der Waals surface area contributed by atoms with Gasteiger partial charge >= 0.3 is 5.97 Å². The largest absolute Gasteiger partial charge is 0.456 e. The standard InChI is InChI=1S/C16H18N2O5S2/c19-16(23-9-13-10-24-11-17-13)12-3-1-5-15(7-12)25(20,21)18-8-14-4-2-6-22-14/h1,3,5,7,10-11,14,18H,2,4,6,8-9H2/t14-/m1/s1. The molecule has 0 spiro atoms. The van der Waals surface area contributed by atoms with Crippen LogP contribution in [0.1, 0.15) is 28.9 Å². The van der Waals surface area contributed by atoms with Gasteiger partial charge in [0.2, 0.25) is 10.0 Å². The number of nitrogens with zero attached hydrogens (tertiary/aromatic N) is 1. The average Bonchev–Trinajstić information content (AvgIpc) is 3.31. The van der Waals surface area contributed by atoms with Gasteiger partial charge in [0.1, 0.15) is 6.61 Å². The summed E-state index contributed by atoms with van der Waals surface area (Å²) < 4.78 is 37.8. The van der Waals surface area contributed by atoms with Crippen LogP contribution >= 0.6 is 11.3 Å². The van der Waals surface area contributed by atoms with E-state index in [0.29, 0.717) is 12.3 Å². The lowest BCUT2D eigenvalue weighted by Gasteiger charge is -2.12. The molecular formula is C16H18N2O5S2. The van der Waals surface area contributed by atoms with Crippen LogP contribution in [0.15, 0.2) is 40.1 Å². The van der Waals surface area contributed by atoms with Gasteiger partial charge in [-0.05, 0) is 31.0 Å². The third-order valence-corrected chi connectivity index (χ3v) is 5.80. The van der Waals surface area contributed by atoms with Gasteiger partial charge in [0.15, 0.2) is 0 Å². The fraction of sp³-hybridized carbons (Fsp3) is 0.375. The monoisotopic (exact) mass is 382 g/mol. The third kappa shape index (κ3) is 4.85. The summed E-state index contributed by atoms with van der Waals surface area (Å²) in [5.41, 5.74) is 2.48. The van der Waals surface area contributed by atoms with Gasteiger partial charge in [0.05, 0.1) is 27.8 Å². The van der Waals surface area contributed by atoms with Gasteiger partial charge in [-0.2, -0.15) is 0 Å². The van der Waals surface area contributed by atoms with E-state index < -0.39 is 16.0 Å². The maximum Gasteiger partial charge on any atom is 0.338 e. The molecule has 1 N–H and O–H groups in total. The summed E-state index contributed by atoms with van der Waals surface area (Å²) in [5, 5.41) is 1.78. The molecule has 2 heterocycles. The second-order valence-corrected chi connectivity index (χ2v) is 8.06. The van der Waals surface area contributed by atoms with Crippen molar-refractivity contribution in [3.63, 3.8) is 0 Å². The van der Waals surface area contributed by atoms with Gasteiger partial charge in [-0.25, -0.2) is 22.9 Å². The lowest BCUT2D eigenvalue weighted by Crippen LogP contribution is -2.31. The van der Waals surface area contributed by atoms with Crippen molar-refractivity contribution in [3.05, 3.63) is 46.4 Å². The van der Waals surface area contributed by atoms with Crippen molar-refractivity contribution >= 4 is 27.3 Å². The molecule has 0 saturated carbocycles. The summed E-state index contributed by atoms with van der Waals surface area (Å²) in [6.07, 6.45) is 1.68. The van der Waals surface area contributed by atoms with Crippen LogP contribution in [-0.2, 0) is 26.1 Å². The fourth-order valence-corrected chi connectivity index (χ4v) is 4.07. The number of sulfonamides is 1. The molecule has 1 atom stereocenters. The Labute approximate surface area is 150 Å². The van der Waals surface area contributed by atoms with E-state index in [4.69, 9.17) is 9.47 Å². The fourth-order valence-electron chi connectivity index (χ4n) is 2.41. The smallest absolute Gasteiger partial charge is 0.338 e. The Kier molecular flexibility index (Phi) is 5.79. The Hall–Kier alpha value is -1.81. The zero-order valence-electron chi connectivity index (χ0n) is 13.4. The number of thiazole rings is 1. The summed E-state index contributed by atoms with van der Waals surface area (Å²) in [5.74, 6) is -0.593. The predicted octanol–water partition coefficient (Wildman–Crippen LogP) is 1.96. The zero-order chi connectivity index (χ0) is 17.7. The number of hydrogen-bond acceptors (Lipinski definition) is 7. The van der Waals surface area contributed by atoms with Crippen LogP contribution in [0.2, 0.25) is 0 Å². The highest BCUT2D eigenvalue weighted by atomic mass is 32.2. The Morgan fingerprint density at radius 3 is 3.04 bits per heavy atom. The number of rotatable bonds is 7. The van der Waals surface area contributed by atoms with E-state index >= 15 is 0 Å². The number of hydrogen-bond donors (Lipinski definition) is 1. The van der Waals surface area contributed by atoms with Crippen LogP contribution in [0.3, 0.4) is 0 Å². The topological polar surface area (TPSA) is 94.6 Å². The van der Waals surface area contributed by atoms with E-state index in [1.807, 2.05) is 0 Å². The minimum atomic E-state index is -3.71. The third-order valence-electron chi connectivity index (χ3n) is 3.74. The molecule has 134 valence electrons. The Morgan fingerprint density at radius 1 is 1.44 bits per heavy atom. The summed E-state index contributed by atoms with van der Waals surface area (Å²) in [6.45, 7) is 0.935. The number of carbonyl (C=O) groups is 1. The highest BCUT2D eigenvalue weighted by Gasteiger charge is 2.21. The van der Waals surface area contributed by atoms with E-state index in [1.165, 1.54) is 35.6 Å². The van der Waals surface area contributed by atoms with E-state index in [0.717, 1.165) is 12.8 Å². The van der Waals surface area contributed by atoms with E-state index in [9.17, 15) is 13.2 Å². The average molecular weight is 382 g/mol. The SMILES string of the molecule is O=C(OCc1cscn1)c1cccc(S(=O)(=O)NC[C@H]2CCCO2)c1. The summed E-state index contributed by atoms with van der Waals surface area (Å²) >= 11 is 1.41. The molecule has 2 aromatic rings. The number of carbonyl (C=O) groups excluding carboxylic acids is 1. The van der Waals surface area contributed by atoms with Gasteiger partial charge in [0, 0.05) is 18.5 Å². The lowest BCUT2D eigenvalue weighted by molar-refractivity contribution is 0.0468. The Morgan fingerprint density at radius 2 is 2.32 bits per heavy atom. The first-order chi connectivity index (χ1) is 12.0. The number of nitrogens with one attached hydrogen (secondary N) is 1. The minimum Gasteiger partial charge on any atom is -0.456 e. The zero-order valence-corrected chi connectivity index (χ0v) is 15.0.